The fourth-order valence-electron chi connectivity index (χ4n) is 2.02. The molecule has 2 N–H and O–H groups in total. The lowest BCUT2D eigenvalue weighted by molar-refractivity contribution is -0.137. The maximum atomic E-state index is 12.6. The van der Waals surface area contributed by atoms with Gasteiger partial charge in [-0.15, -0.1) is 24.0 Å². The van der Waals surface area contributed by atoms with Crippen molar-refractivity contribution in [2.75, 3.05) is 13.6 Å². The molecule has 0 amide bonds. The van der Waals surface area contributed by atoms with E-state index in [9.17, 15) is 13.2 Å². The Morgan fingerprint density at radius 3 is 2.65 bits per heavy atom. The van der Waals surface area contributed by atoms with Gasteiger partial charge < -0.3 is 10.6 Å². The highest BCUT2D eigenvalue weighted by Gasteiger charge is 2.30. The van der Waals surface area contributed by atoms with Gasteiger partial charge in [0.2, 0.25) is 0 Å². The summed E-state index contributed by atoms with van der Waals surface area (Å²) in [5.74, 6) is 6.03. The van der Waals surface area contributed by atoms with Crippen molar-refractivity contribution in [2.45, 2.75) is 12.7 Å². The van der Waals surface area contributed by atoms with Crippen molar-refractivity contribution in [3.8, 4) is 11.8 Å². The van der Waals surface area contributed by atoms with E-state index in [1.807, 2.05) is 13.1 Å². The number of nitrogens with zero attached hydrogens (tertiary/aromatic N) is 3. The monoisotopic (exact) mass is 477 g/mol. The molecule has 1 aromatic heterocycles. The average Bonchev–Trinajstić information content (AvgIpc) is 2.99. The van der Waals surface area contributed by atoms with Crippen LogP contribution < -0.4 is 10.6 Å². The first kappa shape index (κ1) is 21.8. The molecule has 5 nitrogen and oxygen atoms in total. The Labute approximate surface area is 167 Å². The van der Waals surface area contributed by atoms with Gasteiger partial charge in [-0.1, -0.05) is 17.9 Å². The van der Waals surface area contributed by atoms with Crippen LogP contribution in [-0.2, 0) is 19.8 Å². The molecule has 0 aliphatic rings. The van der Waals surface area contributed by atoms with Gasteiger partial charge in [0.1, 0.15) is 0 Å². The van der Waals surface area contributed by atoms with Crippen molar-refractivity contribution in [3.05, 3.63) is 53.3 Å². The van der Waals surface area contributed by atoms with Gasteiger partial charge in [0.05, 0.1) is 24.3 Å². The second-order valence-electron chi connectivity index (χ2n) is 5.11. The number of alkyl halides is 3. The Hall–Kier alpha value is -2.22. The molecule has 1 heterocycles. The van der Waals surface area contributed by atoms with Gasteiger partial charge in [-0.05, 0) is 24.3 Å². The molecule has 0 bridgehead atoms. The summed E-state index contributed by atoms with van der Waals surface area (Å²) in [6.45, 7) is 0.790. The third-order valence-electron chi connectivity index (χ3n) is 3.35. The van der Waals surface area contributed by atoms with E-state index in [1.54, 1.807) is 17.9 Å². The summed E-state index contributed by atoms with van der Waals surface area (Å²) in [5, 5.41) is 10.1. The summed E-state index contributed by atoms with van der Waals surface area (Å²) in [6.07, 6.45) is -2.67. The van der Waals surface area contributed by atoms with E-state index in [1.165, 1.54) is 12.1 Å². The van der Waals surface area contributed by atoms with Crippen LogP contribution in [0.2, 0.25) is 0 Å². The van der Waals surface area contributed by atoms with E-state index in [0.717, 1.165) is 17.8 Å². The molecule has 26 heavy (non-hydrogen) atoms. The van der Waals surface area contributed by atoms with E-state index in [4.69, 9.17) is 0 Å². The van der Waals surface area contributed by atoms with Gasteiger partial charge in [0.15, 0.2) is 5.96 Å². The second kappa shape index (κ2) is 10.1. The van der Waals surface area contributed by atoms with Gasteiger partial charge in [-0.3, -0.25) is 9.67 Å². The number of nitrogens with one attached hydrogen (secondary N) is 2. The predicted octanol–water partition coefficient (Wildman–Crippen LogP) is 2.77. The lowest BCUT2D eigenvalue weighted by Crippen LogP contribution is -2.37. The van der Waals surface area contributed by atoms with Crippen molar-refractivity contribution in [2.24, 2.45) is 12.0 Å². The van der Waals surface area contributed by atoms with E-state index < -0.39 is 11.7 Å². The van der Waals surface area contributed by atoms with Gasteiger partial charge in [-0.25, -0.2) is 0 Å². The largest absolute Gasteiger partial charge is 0.416 e. The molecule has 1 aromatic carbocycles. The Kier molecular flexibility index (Phi) is 8.44. The van der Waals surface area contributed by atoms with Crippen molar-refractivity contribution < 1.29 is 13.2 Å². The van der Waals surface area contributed by atoms with Crippen LogP contribution in [0.15, 0.2) is 41.5 Å². The van der Waals surface area contributed by atoms with E-state index in [-0.39, 0.29) is 30.5 Å². The Balaban J connectivity index is 0.00000338. The first-order valence-electron chi connectivity index (χ1n) is 7.47. The normalized spacial score (nSPS) is 11.2. The highest BCUT2D eigenvalue weighted by atomic mass is 127. The highest BCUT2D eigenvalue weighted by Crippen LogP contribution is 2.29. The number of hydrogen-bond acceptors (Lipinski definition) is 2. The molecule has 0 unspecified atom stereocenters. The fourth-order valence-corrected chi connectivity index (χ4v) is 2.02. The third-order valence-corrected chi connectivity index (χ3v) is 3.35. The zero-order valence-corrected chi connectivity index (χ0v) is 16.6. The van der Waals surface area contributed by atoms with Crippen LogP contribution in [0.3, 0.4) is 0 Å². The minimum absolute atomic E-state index is 0. The number of rotatable bonds is 3. The molecule has 9 heteroatoms. The van der Waals surface area contributed by atoms with Crippen molar-refractivity contribution in [1.82, 2.24) is 20.4 Å². The predicted molar refractivity (Wildman–Crippen MR) is 105 cm³/mol. The summed E-state index contributed by atoms with van der Waals surface area (Å²) in [7, 11) is 3.46. The number of halogens is 4. The molecule has 0 radical (unpaired) electrons. The number of guanidine groups is 1. The van der Waals surface area contributed by atoms with Gasteiger partial charge >= 0.3 is 6.18 Å². The molecular formula is C17H19F3IN5. The molecule has 0 atom stereocenters. The summed E-state index contributed by atoms with van der Waals surface area (Å²) in [6, 6.07) is 6.82. The zero-order chi connectivity index (χ0) is 18.3. The smallest absolute Gasteiger partial charge is 0.351 e. The average molecular weight is 477 g/mol. The van der Waals surface area contributed by atoms with Crippen molar-refractivity contribution in [1.29, 1.82) is 0 Å². The lowest BCUT2D eigenvalue weighted by atomic mass is 10.1. The molecular weight excluding hydrogens is 458 g/mol. The molecule has 0 fully saturated rings. The first-order valence-corrected chi connectivity index (χ1v) is 7.47. The Bertz CT molecular complexity index is 802. The third kappa shape index (κ3) is 6.59. The van der Waals surface area contributed by atoms with Crippen molar-refractivity contribution >= 4 is 29.9 Å². The second-order valence-corrected chi connectivity index (χ2v) is 5.11. The summed E-state index contributed by atoms with van der Waals surface area (Å²) in [5.41, 5.74) is 0.591. The molecule has 0 aliphatic heterocycles. The van der Waals surface area contributed by atoms with E-state index >= 15 is 0 Å². The van der Waals surface area contributed by atoms with Crippen LogP contribution in [0, 0.1) is 11.8 Å². The van der Waals surface area contributed by atoms with Crippen LogP contribution in [0.1, 0.15) is 16.8 Å². The number of benzene rings is 1. The van der Waals surface area contributed by atoms with Crippen LogP contribution >= 0.6 is 24.0 Å². The summed E-state index contributed by atoms with van der Waals surface area (Å²) >= 11 is 0. The fraction of sp³-hybridized carbons (Fsp3) is 0.294. The van der Waals surface area contributed by atoms with Crippen LogP contribution in [-0.4, -0.2) is 29.3 Å². The van der Waals surface area contributed by atoms with Crippen LogP contribution in [0.5, 0.6) is 0 Å². The number of aromatic nitrogens is 2. The molecule has 2 rings (SSSR count). The SMILES string of the molecule is CN=C(NCC#Cc1cccc(C(F)(F)F)c1)NCc1ccnn1C.I. The summed E-state index contributed by atoms with van der Waals surface area (Å²) < 4.78 is 39.7. The van der Waals surface area contributed by atoms with Crippen LogP contribution in [0.4, 0.5) is 13.2 Å². The van der Waals surface area contributed by atoms with E-state index in [0.29, 0.717) is 18.1 Å². The molecule has 2 aromatic rings. The first-order chi connectivity index (χ1) is 11.9. The molecule has 0 spiro atoms. The standard InChI is InChI=1S/C17H18F3N5.HI/c1-21-16(23-12-15-8-10-24-25(15)2)22-9-4-6-13-5-3-7-14(11-13)17(18,19)20;/h3,5,7-8,10-11H,9,12H2,1-2H3,(H2,21,22,23);1H. The maximum absolute atomic E-state index is 12.6. The molecule has 0 aliphatic carbocycles. The number of hydrogen-bond donors (Lipinski definition) is 2. The minimum atomic E-state index is -4.37. The Morgan fingerprint density at radius 2 is 2.04 bits per heavy atom. The van der Waals surface area contributed by atoms with Crippen LogP contribution in [0.25, 0.3) is 0 Å². The van der Waals surface area contributed by atoms with Crippen molar-refractivity contribution in [3.63, 3.8) is 0 Å². The van der Waals surface area contributed by atoms with Gasteiger partial charge in [-0.2, -0.15) is 18.3 Å². The lowest BCUT2D eigenvalue weighted by Gasteiger charge is -2.09. The topological polar surface area (TPSA) is 54.2 Å². The highest BCUT2D eigenvalue weighted by molar-refractivity contribution is 14.0. The van der Waals surface area contributed by atoms with Gasteiger partial charge in [0, 0.05) is 25.9 Å². The molecule has 0 saturated heterocycles. The Morgan fingerprint density at radius 1 is 1.27 bits per heavy atom. The maximum Gasteiger partial charge on any atom is 0.416 e. The van der Waals surface area contributed by atoms with E-state index in [2.05, 4.69) is 32.6 Å². The quantitative estimate of drug-likeness (QED) is 0.310. The molecule has 0 saturated carbocycles. The molecule has 140 valence electrons. The number of aliphatic imine (C=N–C) groups is 1. The zero-order valence-electron chi connectivity index (χ0n) is 14.3. The number of aryl methyl sites for hydroxylation is 1. The summed E-state index contributed by atoms with van der Waals surface area (Å²) in [4.78, 5) is 4.06. The van der Waals surface area contributed by atoms with Gasteiger partial charge in [0.25, 0.3) is 0 Å². The minimum Gasteiger partial charge on any atom is -0.351 e.